The largest absolute Gasteiger partial charge is 0.300 e. The molecule has 2 aliphatic rings. The molecule has 29 heavy (non-hydrogen) atoms. The summed E-state index contributed by atoms with van der Waals surface area (Å²) in [6.07, 6.45) is 11.1. The fourth-order valence-electron chi connectivity index (χ4n) is 5.15. The molecule has 0 unspecified atom stereocenters. The molecule has 4 rings (SSSR count). The second kappa shape index (κ2) is 9.25. The molecule has 156 valence electrons. The van der Waals surface area contributed by atoms with Crippen LogP contribution in [0.1, 0.15) is 68.1 Å². The van der Waals surface area contributed by atoms with Crippen LogP contribution in [0.3, 0.4) is 0 Å². The minimum Gasteiger partial charge on any atom is -0.300 e. The second-order valence-electron chi connectivity index (χ2n) is 9.36. The lowest BCUT2D eigenvalue weighted by Gasteiger charge is -2.32. The lowest BCUT2D eigenvalue weighted by Crippen LogP contribution is -2.34. The molecule has 0 spiro atoms. The van der Waals surface area contributed by atoms with Gasteiger partial charge in [0.15, 0.2) is 0 Å². The number of piperidine rings is 1. The Hall–Kier alpha value is -1.94. The molecule has 1 saturated heterocycles. The number of aromatic nitrogens is 2. The summed E-state index contributed by atoms with van der Waals surface area (Å²) in [7, 11) is 0. The van der Waals surface area contributed by atoms with E-state index in [9.17, 15) is 4.79 Å². The Kier molecular flexibility index (Phi) is 6.49. The van der Waals surface area contributed by atoms with Crippen molar-refractivity contribution in [3.05, 3.63) is 53.3 Å². The average Bonchev–Trinajstić information content (AvgIpc) is 3.15. The van der Waals surface area contributed by atoms with E-state index < -0.39 is 0 Å². The molecule has 0 amide bonds. The molecule has 0 N–H and O–H groups in total. The number of benzene rings is 1. The Balaban J connectivity index is 1.23. The molecular weight excluding hydrogens is 358 g/mol. The van der Waals surface area contributed by atoms with Crippen molar-refractivity contribution in [1.82, 2.24) is 14.7 Å². The zero-order chi connectivity index (χ0) is 20.2. The molecule has 0 atom stereocenters. The van der Waals surface area contributed by atoms with Crippen molar-refractivity contribution in [3.8, 4) is 0 Å². The highest BCUT2D eigenvalue weighted by atomic mass is 16.1. The van der Waals surface area contributed by atoms with E-state index in [0.717, 1.165) is 44.7 Å². The number of nitrogens with zero attached hydrogens (tertiary/aromatic N) is 3. The van der Waals surface area contributed by atoms with Crippen LogP contribution in [0.15, 0.2) is 36.7 Å². The quantitative estimate of drug-likeness (QED) is 0.696. The van der Waals surface area contributed by atoms with Crippen LogP contribution in [0.2, 0.25) is 0 Å². The molecule has 4 heteroatoms. The molecule has 2 fully saturated rings. The monoisotopic (exact) mass is 393 g/mol. The van der Waals surface area contributed by atoms with Gasteiger partial charge in [-0.1, -0.05) is 24.3 Å². The maximum Gasteiger partial charge on any atom is 0.132 e. The highest BCUT2D eigenvalue weighted by Gasteiger charge is 2.25. The van der Waals surface area contributed by atoms with Gasteiger partial charge in [0, 0.05) is 25.2 Å². The lowest BCUT2D eigenvalue weighted by atomic mass is 9.77. The summed E-state index contributed by atoms with van der Waals surface area (Å²) in [5, 5.41) is 4.44. The van der Waals surface area contributed by atoms with Crippen LogP contribution < -0.4 is 0 Å². The number of aryl methyl sites for hydroxylation is 1. The predicted molar refractivity (Wildman–Crippen MR) is 117 cm³/mol. The molecule has 1 aliphatic carbocycles. The van der Waals surface area contributed by atoms with Gasteiger partial charge in [0.25, 0.3) is 0 Å². The number of rotatable bonds is 6. The van der Waals surface area contributed by atoms with Gasteiger partial charge in [0.1, 0.15) is 5.78 Å². The number of ketones is 1. The van der Waals surface area contributed by atoms with Crippen molar-refractivity contribution in [2.24, 2.45) is 11.8 Å². The number of likely N-dealkylation sites (tertiary alicyclic amines) is 1. The topological polar surface area (TPSA) is 38.1 Å². The SMILES string of the molecule is CC(=O)C1CCC(c2ccc(CN3CCC(Cn4cc(C)cn4)CC3)cc2)CC1. The highest BCUT2D eigenvalue weighted by molar-refractivity contribution is 5.78. The first-order valence-corrected chi connectivity index (χ1v) is 11.4. The molecule has 2 heterocycles. The Labute approximate surface area is 175 Å². The van der Waals surface area contributed by atoms with E-state index in [0.29, 0.717) is 17.6 Å². The molecule has 4 nitrogen and oxygen atoms in total. The summed E-state index contributed by atoms with van der Waals surface area (Å²) in [5.41, 5.74) is 4.13. The van der Waals surface area contributed by atoms with Crippen LogP contribution in [0.4, 0.5) is 0 Å². The summed E-state index contributed by atoms with van der Waals surface area (Å²) >= 11 is 0. The normalized spacial score (nSPS) is 23.9. The standard InChI is InChI=1S/C25H35N3O/c1-19-15-26-28(16-19)18-22-11-13-27(14-12-22)17-21-3-5-24(6-4-21)25-9-7-23(8-10-25)20(2)29/h3-6,15-16,22-23,25H,7-14,17-18H2,1-2H3. The minimum atomic E-state index is 0.311. The number of hydrogen-bond donors (Lipinski definition) is 0. The summed E-state index contributed by atoms with van der Waals surface area (Å²) in [6.45, 7) is 8.34. The van der Waals surface area contributed by atoms with Gasteiger partial charge in [-0.15, -0.1) is 0 Å². The third kappa shape index (κ3) is 5.36. The van der Waals surface area contributed by atoms with Crippen LogP contribution in [0.5, 0.6) is 0 Å². The molecule has 1 aliphatic heterocycles. The first kappa shape index (κ1) is 20.3. The van der Waals surface area contributed by atoms with E-state index in [2.05, 4.69) is 52.1 Å². The fraction of sp³-hybridized carbons (Fsp3) is 0.600. The van der Waals surface area contributed by atoms with E-state index in [1.54, 1.807) is 6.92 Å². The maximum atomic E-state index is 11.6. The van der Waals surface area contributed by atoms with E-state index >= 15 is 0 Å². The van der Waals surface area contributed by atoms with Gasteiger partial charge in [-0.05, 0) is 94.0 Å². The van der Waals surface area contributed by atoms with Crippen molar-refractivity contribution >= 4 is 5.78 Å². The van der Waals surface area contributed by atoms with Crippen LogP contribution in [0.25, 0.3) is 0 Å². The number of Topliss-reactive ketones (excluding diaryl/α,β-unsaturated/α-hetero) is 1. The Morgan fingerprint density at radius 1 is 1.03 bits per heavy atom. The van der Waals surface area contributed by atoms with E-state index in [1.807, 2.05) is 6.20 Å². The number of carbonyl (C=O) groups is 1. The van der Waals surface area contributed by atoms with Crippen LogP contribution in [-0.4, -0.2) is 33.6 Å². The first-order chi connectivity index (χ1) is 14.1. The second-order valence-corrected chi connectivity index (χ2v) is 9.36. The maximum absolute atomic E-state index is 11.6. The zero-order valence-corrected chi connectivity index (χ0v) is 18.0. The zero-order valence-electron chi connectivity index (χ0n) is 18.0. The molecule has 0 radical (unpaired) electrons. The third-order valence-corrected chi connectivity index (χ3v) is 7.07. The summed E-state index contributed by atoms with van der Waals surface area (Å²) in [5.74, 6) is 2.08. The van der Waals surface area contributed by atoms with Crippen molar-refractivity contribution in [2.45, 2.75) is 71.4 Å². The molecule has 1 saturated carbocycles. The third-order valence-electron chi connectivity index (χ3n) is 7.07. The summed E-state index contributed by atoms with van der Waals surface area (Å²) in [4.78, 5) is 14.2. The molecular formula is C25H35N3O. The van der Waals surface area contributed by atoms with Gasteiger partial charge in [0.05, 0.1) is 6.20 Å². The highest BCUT2D eigenvalue weighted by Crippen LogP contribution is 2.36. The summed E-state index contributed by atoms with van der Waals surface area (Å²) < 4.78 is 2.11. The van der Waals surface area contributed by atoms with Gasteiger partial charge in [-0.25, -0.2) is 0 Å². The molecule has 1 aromatic heterocycles. The van der Waals surface area contributed by atoms with Crippen molar-refractivity contribution in [3.63, 3.8) is 0 Å². The fourth-order valence-corrected chi connectivity index (χ4v) is 5.15. The van der Waals surface area contributed by atoms with Gasteiger partial charge in [-0.2, -0.15) is 5.10 Å². The number of carbonyl (C=O) groups excluding carboxylic acids is 1. The van der Waals surface area contributed by atoms with Crippen molar-refractivity contribution in [2.75, 3.05) is 13.1 Å². The Morgan fingerprint density at radius 3 is 2.31 bits per heavy atom. The van der Waals surface area contributed by atoms with Crippen LogP contribution >= 0.6 is 0 Å². The van der Waals surface area contributed by atoms with E-state index in [1.165, 1.54) is 42.6 Å². The van der Waals surface area contributed by atoms with Gasteiger partial charge in [0.2, 0.25) is 0 Å². The van der Waals surface area contributed by atoms with Crippen LogP contribution in [0, 0.1) is 18.8 Å². The Bertz CT molecular complexity index is 794. The molecule has 0 bridgehead atoms. The average molecular weight is 394 g/mol. The first-order valence-electron chi connectivity index (χ1n) is 11.4. The number of hydrogen-bond acceptors (Lipinski definition) is 3. The minimum absolute atomic E-state index is 0.311. The summed E-state index contributed by atoms with van der Waals surface area (Å²) in [6, 6.07) is 9.32. The van der Waals surface area contributed by atoms with Crippen LogP contribution in [-0.2, 0) is 17.9 Å². The van der Waals surface area contributed by atoms with Gasteiger partial charge < -0.3 is 0 Å². The van der Waals surface area contributed by atoms with Crippen molar-refractivity contribution in [1.29, 1.82) is 0 Å². The predicted octanol–water partition coefficient (Wildman–Crippen LogP) is 4.97. The van der Waals surface area contributed by atoms with Gasteiger partial charge >= 0.3 is 0 Å². The molecule has 2 aromatic rings. The van der Waals surface area contributed by atoms with Gasteiger partial charge in [-0.3, -0.25) is 14.4 Å². The van der Waals surface area contributed by atoms with E-state index in [4.69, 9.17) is 0 Å². The molecule has 1 aromatic carbocycles. The smallest absolute Gasteiger partial charge is 0.132 e. The Morgan fingerprint density at radius 2 is 1.72 bits per heavy atom. The van der Waals surface area contributed by atoms with E-state index in [-0.39, 0.29) is 0 Å². The van der Waals surface area contributed by atoms with Crippen molar-refractivity contribution < 1.29 is 4.79 Å². The lowest BCUT2D eigenvalue weighted by molar-refractivity contribution is -0.121.